The highest BCUT2D eigenvalue weighted by Crippen LogP contribution is 2.41. The normalized spacial score (nSPS) is 14.3. The van der Waals surface area contributed by atoms with Crippen LogP contribution >= 0.6 is 0 Å². The van der Waals surface area contributed by atoms with Crippen LogP contribution < -0.4 is 4.90 Å². The minimum atomic E-state index is 0.851. The molecule has 1 aliphatic rings. The fourth-order valence-corrected chi connectivity index (χ4v) is 5.56. The van der Waals surface area contributed by atoms with Crippen LogP contribution in [0.1, 0.15) is 12.8 Å². The summed E-state index contributed by atoms with van der Waals surface area (Å²) in [5, 5.41) is 1.33. The zero-order valence-corrected chi connectivity index (χ0v) is 21.2. The molecule has 6 rings (SSSR count). The molecule has 0 radical (unpaired) electrons. The smallest absolute Gasteiger partial charge is 0.225 e. The Kier molecular flexibility index (Phi) is 6.95. The Labute approximate surface area is 219 Å². The SMILES string of the molecule is c1ccc(-c2c(-c3ccccc3)n(CCCCN3CCN(c4ncccn4)CC3)c3ccccc23)cc1. The molecule has 37 heavy (non-hydrogen) atoms. The lowest BCUT2D eigenvalue weighted by Crippen LogP contribution is -2.47. The molecule has 3 aromatic carbocycles. The molecule has 0 amide bonds. The van der Waals surface area contributed by atoms with Gasteiger partial charge < -0.3 is 9.47 Å². The highest BCUT2D eigenvalue weighted by molar-refractivity contribution is 6.04. The zero-order valence-electron chi connectivity index (χ0n) is 21.2. The second kappa shape index (κ2) is 11.0. The van der Waals surface area contributed by atoms with Crippen LogP contribution in [0.2, 0.25) is 0 Å². The van der Waals surface area contributed by atoms with Gasteiger partial charge in [-0.25, -0.2) is 9.97 Å². The maximum atomic E-state index is 4.41. The third-order valence-corrected chi connectivity index (χ3v) is 7.39. The van der Waals surface area contributed by atoms with Gasteiger partial charge in [-0.2, -0.15) is 0 Å². The van der Waals surface area contributed by atoms with Crippen molar-refractivity contribution >= 4 is 16.9 Å². The molecule has 3 heterocycles. The summed E-state index contributed by atoms with van der Waals surface area (Å²) >= 11 is 0. The van der Waals surface area contributed by atoms with Gasteiger partial charge in [0.2, 0.25) is 5.95 Å². The summed E-state index contributed by atoms with van der Waals surface area (Å²) < 4.78 is 2.55. The van der Waals surface area contributed by atoms with Crippen molar-refractivity contribution in [2.24, 2.45) is 0 Å². The van der Waals surface area contributed by atoms with Crippen LogP contribution in [0.3, 0.4) is 0 Å². The lowest BCUT2D eigenvalue weighted by Gasteiger charge is -2.34. The van der Waals surface area contributed by atoms with Crippen LogP contribution in [-0.4, -0.2) is 52.2 Å². The van der Waals surface area contributed by atoms with Crippen molar-refractivity contribution in [3.63, 3.8) is 0 Å². The van der Waals surface area contributed by atoms with E-state index in [1.165, 1.54) is 39.7 Å². The molecule has 5 heteroatoms. The van der Waals surface area contributed by atoms with Crippen LogP contribution in [0.5, 0.6) is 0 Å². The van der Waals surface area contributed by atoms with Crippen molar-refractivity contribution in [3.8, 4) is 22.4 Å². The molecule has 0 saturated carbocycles. The van der Waals surface area contributed by atoms with Gasteiger partial charge in [0.05, 0.1) is 5.69 Å². The summed E-state index contributed by atoms with van der Waals surface area (Å²) in [5.74, 6) is 0.851. The lowest BCUT2D eigenvalue weighted by molar-refractivity contribution is 0.250. The molecule has 1 aliphatic heterocycles. The Morgan fingerprint density at radius 2 is 1.22 bits per heavy atom. The molecule has 0 bridgehead atoms. The number of fused-ring (bicyclic) bond motifs is 1. The highest BCUT2D eigenvalue weighted by Gasteiger charge is 2.21. The van der Waals surface area contributed by atoms with Crippen molar-refractivity contribution in [3.05, 3.63) is 103 Å². The first-order chi connectivity index (χ1) is 18.4. The van der Waals surface area contributed by atoms with Gasteiger partial charge in [-0.15, -0.1) is 0 Å². The quantitative estimate of drug-likeness (QED) is 0.238. The number of piperazine rings is 1. The molecule has 5 nitrogen and oxygen atoms in total. The van der Waals surface area contributed by atoms with Gasteiger partial charge in [-0.1, -0.05) is 78.9 Å². The summed E-state index contributed by atoms with van der Waals surface area (Å²) in [7, 11) is 0. The number of anilines is 1. The predicted molar refractivity (Wildman–Crippen MR) is 153 cm³/mol. The molecular weight excluding hydrogens is 454 g/mol. The van der Waals surface area contributed by atoms with E-state index in [9.17, 15) is 0 Å². The minimum absolute atomic E-state index is 0.851. The number of aromatic nitrogens is 3. The highest BCUT2D eigenvalue weighted by atomic mass is 15.3. The molecule has 0 unspecified atom stereocenters. The molecule has 186 valence electrons. The van der Waals surface area contributed by atoms with Gasteiger partial charge in [0.15, 0.2) is 0 Å². The van der Waals surface area contributed by atoms with Gasteiger partial charge >= 0.3 is 0 Å². The molecule has 0 N–H and O–H groups in total. The van der Waals surface area contributed by atoms with Crippen LogP contribution in [-0.2, 0) is 6.54 Å². The van der Waals surface area contributed by atoms with Crippen LogP contribution in [0.15, 0.2) is 103 Å². The molecule has 0 spiro atoms. The first-order valence-corrected chi connectivity index (χ1v) is 13.3. The van der Waals surface area contributed by atoms with E-state index in [-0.39, 0.29) is 0 Å². The monoisotopic (exact) mass is 487 g/mol. The number of para-hydroxylation sites is 1. The Bertz CT molecular complexity index is 1420. The van der Waals surface area contributed by atoms with Gasteiger partial charge in [-0.3, -0.25) is 4.90 Å². The van der Waals surface area contributed by atoms with Crippen LogP contribution in [0, 0.1) is 0 Å². The Hall–Kier alpha value is -3.96. The maximum Gasteiger partial charge on any atom is 0.225 e. The van der Waals surface area contributed by atoms with E-state index in [0.29, 0.717) is 0 Å². The molecule has 5 aromatic rings. The molecule has 0 aliphatic carbocycles. The average molecular weight is 488 g/mol. The average Bonchev–Trinajstić information content (AvgIpc) is 3.31. The van der Waals surface area contributed by atoms with Gasteiger partial charge in [0.1, 0.15) is 0 Å². The van der Waals surface area contributed by atoms with Crippen molar-refractivity contribution in [1.82, 2.24) is 19.4 Å². The predicted octanol–water partition coefficient (Wildman–Crippen LogP) is 6.37. The zero-order chi connectivity index (χ0) is 24.9. The number of hydrogen-bond acceptors (Lipinski definition) is 4. The molecule has 2 aromatic heterocycles. The number of benzene rings is 3. The van der Waals surface area contributed by atoms with Gasteiger partial charge in [0, 0.05) is 61.6 Å². The summed E-state index contributed by atoms with van der Waals surface area (Å²) in [6, 6.07) is 32.5. The van der Waals surface area contributed by atoms with E-state index in [4.69, 9.17) is 0 Å². The summed E-state index contributed by atoms with van der Waals surface area (Å²) in [6.45, 7) is 6.26. The summed E-state index contributed by atoms with van der Waals surface area (Å²) in [4.78, 5) is 13.7. The van der Waals surface area contributed by atoms with Crippen LogP contribution in [0.4, 0.5) is 5.95 Å². The van der Waals surface area contributed by atoms with E-state index in [1.54, 1.807) is 0 Å². The summed E-state index contributed by atoms with van der Waals surface area (Å²) in [6.07, 6.45) is 5.98. The first kappa shape index (κ1) is 23.4. The number of aryl methyl sites for hydroxylation is 1. The van der Waals surface area contributed by atoms with E-state index < -0.39 is 0 Å². The second-order valence-electron chi connectivity index (χ2n) is 9.71. The summed E-state index contributed by atoms with van der Waals surface area (Å²) in [5.41, 5.74) is 6.52. The number of hydrogen-bond donors (Lipinski definition) is 0. The third kappa shape index (κ3) is 5.00. The lowest BCUT2D eigenvalue weighted by atomic mass is 9.98. The van der Waals surface area contributed by atoms with E-state index in [1.807, 2.05) is 18.5 Å². The Balaban J connectivity index is 1.19. The Morgan fingerprint density at radius 3 is 1.95 bits per heavy atom. The number of unbranched alkanes of at least 4 members (excludes halogenated alkanes) is 1. The van der Waals surface area contributed by atoms with Crippen LogP contribution in [0.25, 0.3) is 33.3 Å². The fourth-order valence-electron chi connectivity index (χ4n) is 5.56. The molecule has 0 atom stereocenters. The minimum Gasteiger partial charge on any atom is -0.340 e. The molecule has 1 fully saturated rings. The first-order valence-electron chi connectivity index (χ1n) is 13.3. The van der Waals surface area contributed by atoms with Crippen molar-refractivity contribution in [2.45, 2.75) is 19.4 Å². The fraction of sp³-hybridized carbons (Fsp3) is 0.250. The largest absolute Gasteiger partial charge is 0.340 e. The molecule has 1 saturated heterocycles. The molecular formula is C32H33N5. The van der Waals surface area contributed by atoms with Crippen molar-refractivity contribution in [2.75, 3.05) is 37.6 Å². The second-order valence-corrected chi connectivity index (χ2v) is 9.71. The number of rotatable bonds is 8. The van der Waals surface area contributed by atoms with E-state index >= 15 is 0 Å². The maximum absolute atomic E-state index is 4.41. The van der Waals surface area contributed by atoms with Crippen molar-refractivity contribution < 1.29 is 0 Å². The van der Waals surface area contributed by atoms with Crippen molar-refractivity contribution in [1.29, 1.82) is 0 Å². The topological polar surface area (TPSA) is 37.2 Å². The third-order valence-electron chi connectivity index (χ3n) is 7.39. The Morgan fingerprint density at radius 1 is 0.595 bits per heavy atom. The van der Waals surface area contributed by atoms with Gasteiger partial charge in [-0.05, 0) is 42.6 Å². The van der Waals surface area contributed by atoms with Gasteiger partial charge in [0.25, 0.3) is 0 Å². The van der Waals surface area contributed by atoms with E-state index in [0.717, 1.165) is 51.6 Å². The van der Waals surface area contributed by atoms with E-state index in [2.05, 4.69) is 109 Å². The number of nitrogens with zero attached hydrogens (tertiary/aromatic N) is 5. The standard InChI is InChI=1S/C32H33N5/c1-3-12-26(13-4-1)30-28-16-7-8-17-29(28)37(31(30)27-14-5-2-6-15-27)21-10-9-20-35-22-24-36(25-23-35)32-33-18-11-19-34-32/h1-8,11-19H,9-10,20-25H2.